The minimum absolute atomic E-state index is 0.0281. The highest BCUT2D eigenvalue weighted by molar-refractivity contribution is 7.92. The number of pyridine rings is 1. The van der Waals surface area contributed by atoms with Gasteiger partial charge in [0, 0.05) is 5.69 Å². The molecular weight excluding hydrogens is 228 g/mol. The Morgan fingerprint density at radius 3 is 2.94 bits per heavy atom. The Kier molecular flexibility index (Phi) is 2.55. The minimum Gasteiger partial charge on any atom is -0.329 e. The molecule has 2 aromatic rings. The number of aromatic nitrogens is 3. The Morgan fingerprint density at radius 1 is 1.50 bits per heavy atom. The molecule has 0 radical (unpaired) electrons. The molecule has 0 aliphatic rings. The van der Waals surface area contributed by atoms with Gasteiger partial charge in [0.15, 0.2) is 5.65 Å². The van der Waals surface area contributed by atoms with Crippen molar-refractivity contribution in [2.75, 3.05) is 10.5 Å². The topological polar surface area (TPSA) is 87.7 Å². The van der Waals surface area contributed by atoms with E-state index in [1.54, 1.807) is 19.9 Å². The van der Waals surface area contributed by atoms with Crippen molar-refractivity contribution in [1.82, 2.24) is 15.0 Å². The van der Waals surface area contributed by atoms with Crippen LogP contribution in [-0.4, -0.2) is 29.1 Å². The summed E-state index contributed by atoms with van der Waals surface area (Å²) in [4.78, 5) is 11.1. The summed E-state index contributed by atoms with van der Waals surface area (Å²) < 4.78 is 25.4. The molecule has 2 N–H and O–H groups in total. The van der Waals surface area contributed by atoms with E-state index in [9.17, 15) is 8.42 Å². The maximum absolute atomic E-state index is 11.5. The van der Waals surface area contributed by atoms with Gasteiger partial charge in [-0.3, -0.25) is 4.72 Å². The molecule has 2 heterocycles. The maximum Gasteiger partial charge on any atom is 0.232 e. The number of H-pyrrole nitrogens is 1. The molecule has 86 valence electrons. The van der Waals surface area contributed by atoms with Crippen molar-refractivity contribution in [3.8, 4) is 0 Å². The second kappa shape index (κ2) is 3.75. The Morgan fingerprint density at radius 2 is 2.25 bits per heavy atom. The van der Waals surface area contributed by atoms with E-state index in [4.69, 9.17) is 0 Å². The van der Waals surface area contributed by atoms with Crippen molar-refractivity contribution in [3.05, 3.63) is 18.1 Å². The molecular formula is C9H12N4O2S. The summed E-state index contributed by atoms with van der Waals surface area (Å²) in [5, 5.41) is 0. The number of anilines is 1. The van der Waals surface area contributed by atoms with Gasteiger partial charge >= 0.3 is 0 Å². The van der Waals surface area contributed by atoms with E-state index in [0.717, 1.165) is 5.69 Å². The van der Waals surface area contributed by atoms with Gasteiger partial charge in [-0.25, -0.2) is 18.4 Å². The van der Waals surface area contributed by atoms with E-state index in [-0.39, 0.29) is 5.75 Å². The summed E-state index contributed by atoms with van der Waals surface area (Å²) in [5.74, 6) is 0.0281. The van der Waals surface area contributed by atoms with Gasteiger partial charge in [0.2, 0.25) is 10.0 Å². The van der Waals surface area contributed by atoms with E-state index in [1.165, 1.54) is 6.33 Å². The molecule has 0 bridgehead atoms. The summed E-state index contributed by atoms with van der Waals surface area (Å²) in [6, 6.07) is 1.66. The zero-order chi connectivity index (χ0) is 11.8. The lowest BCUT2D eigenvalue weighted by atomic mass is 10.3. The van der Waals surface area contributed by atoms with Crippen LogP contribution in [0, 0.1) is 6.92 Å². The highest BCUT2D eigenvalue weighted by Crippen LogP contribution is 2.20. The molecule has 16 heavy (non-hydrogen) atoms. The SMILES string of the molecule is CCS(=O)(=O)Nc1cc(C)nc2[nH]cnc12. The van der Waals surface area contributed by atoms with Gasteiger partial charge < -0.3 is 4.98 Å². The molecule has 6 nitrogen and oxygen atoms in total. The third-order valence-electron chi connectivity index (χ3n) is 2.16. The normalized spacial score (nSPS) is 11.9. The van der Waals surface area contributed by atoms with E-state index in [1.807, 2.05) is 0 Å². The van der Waals surface area contributed by atoms with Crippen molar-refractivity contribution >= 4 is 26.9 Å². The first-order valence-corrected chi connectivity index (χ1v) is 6.48. The van der Waals surface area contributed by atoms with Crippen LogP contribution < -0.4 is 4.72 Å². The summed E-state index contributed by atoms with van der Waals surface area (Å²) in [6.45, 7) is 3.38. The Balaban J connectivity index is 2.55. The summed E-state index contributed by atoms with van der Waals surface area (Å²) in [7, 11) is -3.29. The van der Waals surface area contributed by atoms with Gasteiger partial charge in [0.1, 0.15) is 5.52 Å². The lowest BCUT2D eigenvalue weighted by molar-refractivity contribution is 0.602. The third-order valence-corrected chi connectivity index (χ3v) is 3.45. The van der Waals surface area contributed by atoms with Gasteiger partial charge in [-0.05, 0) is 19.9 Å². The Hall–Kier alpha value is -1.63. The van der Waals surface area contributed by atoms with Crippen molar-refractivity contribution in [2.24, 2.45) is 0 Å². The number of rotatable bonds is 3. The standard InChI is InChI=1S/C9H12N4O2S/c1-3-16(14,15)13-7-4-6(2)12-9-8(7)10-5-11-9/h4-5H,3H2,1-2H3,(H2,10,11,12,13). The van der Waals surface area contributed by atoms with Crippen LogP contribution in [0.4, 0.5) is 5.69 Å². The van der Waals surface area contributed by atoms with E-state index in [2.05, 4.69) is 19.7 Å². The Bertz CT molecular complexity index is 617. The van der Waals surface area contributed by atoms with Crippen molar-refractivity contribution in [1.29, 1.82) is 0 Å². The third kappa shape index (κ3) is 1.99. The summed E-state index contributed by atoms with van der Waals surface area (Å²) >= 11 is 0. The molecule has 2 rings (SSSR count). The fourth-order valence-electron chi connectivity index (χ4n) is 1.37. The second-order valence-corrected chi connectivity index (χ2v) is 5.43. The fraction of sp³-hybridized carbons (Fsp3) is 0.333. The molecule has 0 spiro atoms. The predicted octanol–water partition coefficient (Wildman–Crippen LogP) is 1.03. The molecule has 0 unspecified atom stereocenters. The number of sulfonamides is 1. The van der Waals surface area contributed by atoms with Crippen LogP contribution in [-0.2, 0) is 10.0 Å². The molecule has 0 amide bonds. The number of nitrogens with one attached hydrogen (secondary N) is 2. The number of nitrogens with zero attached hydrogens (tertiary/aromatic N) is 2. The summed E-state index contributed by atoms with van der Waals surface area (Å²) in [5.41, 5.74) is 2.30. The second-order valence-electron chi connectivity index (χ2n) is 3.42. The molecule has 0 saturated heterocycles. The lowest BCUT2D eigenvalue weighted by Gasteiger charge is -2.06. The van der Waals surface area contributed by atoms with Crippen LogP contribution >= 0.6 is 0 Å². The molecule has 0 aliphatic carbocycles. The van der Waals surface area contributed by atoms with Crippen LogP contribution in [0.15, 0.2) is 12.4 Å². The highest BCUT2D eigenvalue weighted by atomic mass is 32.2. The number of aromatic amines is 1. The lowest BCUT2D eigenvalue weighted by Crippen LogP contribution is -2.15. The predicted molar refractivity (Wildman–Crippen MR) is 61.7 cm³/mol. The van der Waals surface area contributed by atoms with Crippen molar-refractivity contribution < 1.29 is 8.42 Å². The quantitative estimate of drug-likeness (QED) is 0.838. The van der Waals surface area contributed by atoms with Crippen LogP contribution in [0.5, 0.6) is 0 Å². The van der Waals surface area contributed by atoms with Gasteiger partial charge in [-0.2, -0.15) is 0 Å². The first kappa shape index (κ1) is 10.9. The number of imidazole rings is 1. The van der Waals surface area contributed by atoms with Crippen LogP contribution in [0.1, 0.15) is 12.6 Å². The molecule has 0 aliphatic heterocycles. The average Bonchev–Trinajstić information content (AvgIpc) is 2.65. The van der Waals surface area contributed by atoms with Crippen molar-refractivity contribution in [2.45, 2.75) is 13.8 Å². The number of fused-ring (bicyclic) bond motifs is 1. The molecule has 7 heteroatoms. The van der Waals surface area contributed by atoms with Gasteiger partial charge in [-0.1, -0.05) is 0 Å². The van der Waals surface area contributed by atoms with Gasteiger partial charge in [0.25, 0.3) is 0 Å². The van der Waals surface area contributed by atoms with E-state index >= 15 is 0 Å². The molecule has 0 fully saturated rings. The van der Waals surface area contributed by atoms with Crippen LogP contribution in [0.2, 0.25) is 0 Å². The van der Waals surface area contributed by atoms with Crippen LogP contribution in [0.25, 0.3) is 11.2 Å². The zero-order valence-electron chi connectivity index (χ0n) is 8.98. The first-order chi connectivity index (χ1) is 7.52. The smallest absolute Gasteiger partial charge is 0.232 e. The van der Waals surface area contributed by atoms with E-state index in [0.29, 0.717) is 16.9 Å². The molecule has 0 saturated carbocycles. The minimum atomic E-state index is -3.29. The average molecular weight is 240 g/mol. The fourth-order valence-corrected chi connectivity index (χ4v) is 2.01. The monoisotopic (exact) mass is 240 g/mol. The van der Waals surface area contributed by atoms with Crippen LogP contribution in [0.3, 0.4) is 0 Å². The number of hydrogen-bond donors (Lipinski definition) is 2. The maximum atomic E-state index is 11.5. The van der Waals surface area contributed by atoms with Crippen molar-refractivity contribution in [3.63, 3.8) is 0 Å². The first-order valence-electron chi connectivity index (χ1n) is 4.83. The number of aryl methyl sites for hydroxylation is 1. The van der Waals surface area contributed by atoms with E-state index < -0.39 is 10.0 Å². The molecule has 0 atom stereocenters. The largest absolute Gasteiger partial charge is 0.329 e. The van der Waals surface area contributed by atoms with Gasteiger partial charge in [-0.15, -0.1) is 0 Å². The zero-order valence-corrected chi connectivity index (χ0v) is 9.80. The van der Waals surface area contributed by atoms with Gasteiger partial charge in [0.05, 0.1) is 17.8 Å². The Labute approximate surface area is 93.2 Å². The summed E-state index contributed by atoms with van der Waals surface area (Å²) in [6.07, 6.45) is 1.49. The highest BCUT2D eigenvalue weighted by Gasteiger charge is 2.12. The molecule has 0 aromatic carbocycles. The number of hydrogen-bond acceptors (Lipinski definition) is 4. The molecule has 2 aromatic heterocycles.